The van der Waals surface area contributed by atoms with Crippen LogP contribution in [-0.2, 0) is 6.54 Å². The lowest BCUT2D eigenvalue weighted by Gasteiger charge is -2.27. The van der Waals surface area contributed by atoms with Crippen molar-refractivity contribution in [3.05, 3.63) is 117 Å². The molecule has 1 amide bonds. The average Bonchev–Trinajstić information content (AvgIpc) is 3.59. The Labute approximate surface area is 223 Å². The molecule has 5 nitrogen and oxygen atoms in total. The molecule has 2 aliphatic heterocycles. The van der Waals surface area contributed by atoms with Crippen LogP contribution in [0.5, 0.6) is 11.5 Å². The third kappa shape index (κ3) is 3.57. The van der Waals surface area contributed by atoms with Crippen molar-refractivity contribution in [3.63, 3.8) is 0 Å². The standard InChI is InChI=1S/C30H20Cl2N2O3/c31-18-10-11-21(23(32)14-18)28-27(22-7-3-4-8-24(22)33-28)29-19-5-1-2-6-20(19)30(35)34(29)15-17-9-12-25-26(13-17)37-16-36-25/h1-14,29,33H,15-16H2/t29-/m1/s1. The first-order chi connectivity index (χ1) is 18.1. The number of para-hydroxylation sites is 1. The molecule has 4 aromatic carbocycles. The number of amides is 1. The van der Waals surface area contributed by atoms with Gasteiger partial charge in [0, 0.05) is 39.2 Å². The van der Waals surface area contributed by atoms with Gasteiger partial charge in [0.1, 0.15) is 0 Å². The molecule has 7 rings (SSSR count). The second-order valence-electron chi connectivity index (χ2n) is 9.19. The third-order valence-corrected chi connectivity index (χ3v) is 7.62. The predicted octanol–water partition coefficient (Wildman–Crippen LogP) is 7.62. The van der Waals surface area contributed by atoms with Crippen molar-refractivity contribution < 1.29 is 14.3 Å². The van der Waals surface area contributed by atoms with E-state index < -0.39 is 0 Å². The number of aromatic amines is 1. The Morgan fingerprint density at radius 1 is 0.865 bits per heavy atom. The lowest BCUT2D eigenvalue weighted by Crippen LogP contribution is -2.28. The molecule has 1 atom stereocenters. The summed E-state index contributed by atoms with van der Waals surface area (Å²) >= 11 is 12.9. The second kappa shape index (κ2) is 8.58. The number of carbonyl (C=O) groups is 1. The molecule has 0 spiro atoms. The number of ether oxygens (including phenoxy) is 2. The van der Waals surface area contributed by atoms with Gasteiger partial charge >= 0.3 is 0 Å². The van der Waals surface area contributed by atoms with Crippen molar-refractivity contribution >= 4 is 40.0 Å². The van der Waals surface area contributed by atoms with Crippen LogP contribution in [0.3, 0.4) is 0 Å². The van der Waals surface area contributed by atoms with Crippen LogP contribution in [0.4, 0.5) is 0 Å². The number of carbonyl (C=O) groups excluding carboxylic acids is 1. The summed E-state index contributed by atoms with van der Waals surface area (Å²) in [4.78, 5) is 19.4. The van der Waals surface area contributed by atoms with Gasteiger partial charge < -0.3 is 19.4 Å². The fourth-order valence-corrected chi connectivity index (χ4v) is 5.94. The Hall–Kier alpha value is -3.93. The molecule has 1 aromatic heterocycles. The zero-order chi connectivity index (χ0) is 25.1. The summed E-state index contributed by atoms with van der Waals surface area (Å²) in [7, 11) is 0. The van der Waals surface area contributed by atoms with E-state index in [1.807, 2.05) is 77.7 Å². The molecule has 0 radical (unpaired) electrons. The van der Waals surface area contributed by atoms with Crippen LogP contribution < -0.4 is 9.47 Å². The van der Waals surface area contributed by atoms with Gasteiger partial charge in [0.15, 0.2) is 11.5 Å². The maximum Gasteiger partial charge on any atom is 0.255 e. The summed E-state index contributed by atoms with van der Waals surface area (Å²) in [5, 5.41) is 2.14. The molecule has 2 aliphatic rings. The van der Waals surface area contributed by atoms with Crippen LogP contribution in [0.1, 0.15) is 33.1 Å². The Morgan fingerprint density at radius 3 is 2.57 bits per heavy atom. The number of hydrogen-bond donors (Lipinski definition) is 1. The van der Waals surface area contributed by atoms with Crippen molar-refractivity contribution in [2.75, 3.05) is 6.79 Å². The number of rotatable bonds is 4. The first-order valence-electron chi connectivity index (χ1n) is 11.9. The van der Waals surface area contributed by atoms with E-state index in [4.69, 9.17) is 32.7 Å². The Balaban J connectivity index is 1.44. The van der Waals surface area contributed by atoms with E-state index in [2.05, 4.69) is 11.1 Å². The predicted molar refractivity (Wildman–Crippen MR) is 144 cm³/mol. The summed E-state index contributed by atoms with van der Waals surface area (Å²) in [6, 6.07) is 26.9. The molecule has 1 N–H and O–H groups in total. The van der Waals surface area contributed by atoms with Crippen molar-refractivity contribution in [3.8, 4) is 22.8 Å². The minimum absolute atomic E-state index is 0.0169. The Bertz CT molecular complexity index is 1710. The fraction of sp³-hybridized carbons (Fsp3) is 0.100. The fourth-order valence-electron chi connectivity index (χ4n) is 5.43. The van der Waals surface area contributed by atoms with Gasteiger partial charge in [0.25, 0.3) is 5.91 Å². The van der Waals surface area contributed by atoms with Crippen LogP contribution in [0, 0.1) is 0 Å². The van der Waals surface area contributed by atoms with Gasteiger partial charge in [-0.05, 0) is 53.6 Å². The van der Waals surface area contributed by atoms with Gasteiger partial charge in [-0.1, -0.05) is 65.7 Å². The van der Waals surface area contributed by atoms with E-state index in [1.165, 1.54) is 0 Å². The minimum atomic E-state index is -0.327. The quantitative estimate of drug-likeness (QED) is 0.262. The third-order valence-electron chi connectivity index (χ3n) is 7.07. The number of nitrogens with one attached hydrogen (secondary N) is 1. The molecule has 0 saturated carbocycles. The van der Waals surface area contributed by atoms with Crippen molar-refractivity contribution in [1.29, 1.82) is 0 Å². The molecular formula is C30H20Cl2N2O3. The lowest BCUT2D eigenvalue weighted by molar-refractivity contribution is 0.0737. The number of nitrogens with zero attached hydrogens (tertiary/aromatic N) is 1. The number of fused-ring (bicyclic) bond motifs is 3. The number of halogens is 2. The van der Waals surface area contributed by atoms with Gasteiger partial charge in [0.05, 0.1) is 16.8 Å². The number of hydrogen-bond acceptors (Lipinski definition) is 3. The maximum absolute atomic E-state index is 13.9. The van der Waals surface area contributed by atoms with E-state index in [0.29, 0.717) is 33.7 Å². The molecule has 3 heterocycles. The van der Waals surface area contributed by atoms with Crippen LogP contribution in [0.25, 0.3) is 22.2 Å². The first-order valence-corrected chi connectivity index (χ1v) is 12.7. The van der Waals surface area contributed by atoms with E-state index in [1.54, 1.807) is 6.07 Å². The zero-order valence-electron chi connectivity index (χ0n) is 19.5. The summed E-state index contributed by atoms with van der Waals surface area (Å²) < 4.78 is 11.1. The molecule has 0 bridgehead atoms. The Morgan fingerprint density at radius 2 is 1.68 bits per heavy atom. The van der Waals surface area contributed by atoms with Crippen molar-refractivity contribution in [1.82, 2.24) is 9.88 Å². The van der Waals surface area contributed by atoms with Crippen LogP contribution in [-0.4, -0.2) is 22.6 Å². The Kier molecular flexibility index (Phi) is 5.17. The molecular weight excluding hydrogens is 507 g/mol. The molecule has 5 aromatic rings. The summed E-state index contributed by atoms with van der Waals surface area (Å²) in [5.74, 6) is 1.39. The number of H-pyrrole nitrogens is 1. The average molecular weight is 527 g/mol. The van der Waals surface area contributed by atoms with Crippen molar-refractivity contribution in [2.45, 2.75) is 12.6 Å². The van der Waals surface area contributed by atoms with Gasteiger partial charge in [-0.25, -0.2) is 0 Å². The largest absolute Gasteiger partial charge is 0.454 e. The van der Waals surface area contributed by atoms with Crippen LogP contribution in [0.2, 0.25) is 10.0 Å². The highest BCUT2D eigenvalue weighted by Crippen LogP contribution is 2.47. The molecule has 0 aliphatic carbocycles. The summed E-state index contributed by atoms with van der Waals surface area (Å²) in [6.07, 6.45) is 0. The van der Waals surface area contributed by atoms with Gasteiger partial charge in [0.2, 0.25) is 6.79 Å². The smallest absolute Gasteiger partial charge is 0.255 e. The SMILES string of the molecule is O=C1c2ccccc2[C@H](c2c(-c3ccc(Cl)cc3Cl)[nH]c3ccccc23)N1Cc1ccc2c(c1)OCO2. The first kappa shape index (κ1) is 22.3. The molecule has 0 fully saturated rings. The van der Waals surface area contributed by atoms with Crippen LogP contribution >= 0.6 is 23.2 Å². The lowest BCUT2D eigenvalue weighted by atomic mass is 9.93. The van der Waals surface area contributed by atoms with E-state index in [-0.39, 0.29) is 18.7 Å². The molecule has 7 heteroatoms. The van der Waals surface area contributed by atoms with E-state index >= 15 is 0 Å². The number of benzene rings is 4. The monoisotopic (exact) mass is 526 g/mol. The van der Waals surface area contributed by atoms with E-state index in [0.717, 1.165) is 38.9 Å². The zero-order valence-corrected chi connectivity index (χ0v) is 21.0. The topological polar surface area (TPSA) is 54.6 Å². The molecule has 0 saturated heterocycles. The normalized spacial score (nSPS) is 16.0. The van der Waals surface area contributed by atoms with E-state index in [9.17, 15) is 4.79 Å². The van der Waals surface area contributed by atoms with Crippen molar-refractivity contribution in [2.24, 2.45) is 0 Å². The van der Waals surface area contributed by atoms with Gasteiger partial charge in [-0.3, -0.25) is 4.79 Å². The van der Waals surface area contributed by atoms with Crippen LogP contribution in [0.15, 0.2) is 84.9 Å². The minimum Gasteiger partial charge on any atom is -0.454 e. The number of aromatic nitrogens is 1. The molecule has 0 unspecified atom stereocenters. The molecule has 182 valence electrons. The van der Waals surface area contributed by atoms with Gasteiger partial charge in [-0.15, -0.1) is 0 Å². The molecule has 37 heavy (non-hydrogen) atoms. The maximum atomic E-state index is 13.9. The second-order valence-corrected chi connectivity index (χ2v) is 10.0. The van der Waals surface area contributed by atoms with Gasteiger partial charge in [-0.2, -0.15) is 0 Å². The highest BCUT2D eigenvalue weighted by Gasteiger charge is 2.40. The highest BCUT2D eigenvalue weighted by atomic mass is 35.5. The highest BCUT2D eigenvalue weighted by molar-refractivity contribution is 6.36. The summed E-state index contributed by atoms with van der Waals surface area (Å²) in [6.45, 7) is 0.609. The summed E-state index contributed by atoms with van der Waals surface area (Å²) in [5.41, 5.74) is 6.29.